The highest BCUT2D eigenvalue weighted by molar-refractivity contribution is 6.02. The van der Waals surface area contributed by atoms with Crippen LogP contribution in [0.2, 0.25) is 0 Å². The van der Waals surface area contributed by atoms with Crippen LogP contribution in [-0.2, 0) is 4.74 Å². The minimum Gasteiger partial charge on any atom is -0.485 e. The van der Waals surface area contributed by atoms with Crippen molar-refractivity contribution in [1.82, 2.24) is 4.98 Å². The van der Waals surface area contributed by atoms with E-state index in [0.717, 1.165) is 0 Å². The van der Waals surface area contributed by atoms with Gasteiger partial charge in [-0.15, -0.1) is 0 Å². The normalized spacial score (nSPS) is 10.3. The van der Waals surface area contributed by atoms with Crippen LogP contribution in [0.5, 0.6) is 5.75 Å². The first-order valence-corrected chi connectivity index (χ1v) is 7.03. The molecule has 126 valence electrons. The lowest BCUT2D eigenvalue weighted by molar-refractivity contribution is -0.384. The monoisotopic (exact) mass is 332 g/mol. The SMILES string of the molecule is COC(=O)c1c(C)[nH]c(C(=O)COc2ccc([N+](=O)[O-])cc2)c1C. The van der Waals surface area contributed by atoms with Crippen molar-refractivity contribution >= 4 is 17.4 Å². The molecule has 0 saturated carbocycles. The molecular weight excluding hydrogens is 316 g/mol. The van der Waals surface area contributed by atoms with Crippen molar-refractivity contribution < 1.29 is 24.0 Å². The number of Topliss-reactive ketones (excluding diaryl/α,β-unsaturated/α-hetero) is 1. The van der Waals surface area contributed by atoms with Crippen LogP contribution in [0.15, 0.2) is 24.3 Å². The van der Waals surface area contributed by atoms with Crippen molar-refractivity contribution in [1.29, 1.82) is 0 Å². The smallest absolute Gasteiger partial charge is 0.339 e. The number of benzene rings is 1. The Morgan fingerprint density at radius 2 is 1.83 bits per heavy atom. The van der Waals surface area contributed by atoms with Crippen molar-refractivity contribution in [3.63, 3.8) is 0 Å². The van der Waals surface area contributed by atoms with Crippen molar-refractivity contribution in [3.8, 4) is 5.75 Å². The van der Waals surface area contributed by atoms with Gasteiger partial charge in [-0.1, -0.05) is 0 Å². The number of aromatic nitrogens is 1. The lowest BCUT2D eigenvalue weighted by Crippen LogP contribution is -2.13. The molecule has 0 bridgehead atoms. The zero-order chi connectivity index (χ0) is 17.9. The number of hydrogen-bond donors (Lipinski definition) is 1. The molecule has 0 radical (unpaired) electrons. The van der Waals surface area contributed by atoms with E-state index in [1.165, 1.54) is 31.4 Å². The first-order chi connectivity index (χ1) is 11.3. The van der Waals surface area contributed by atoms with Gasteiger partial charge in [0.25, 0.3) is 5.69 Å². The van der Waals surface area contributed by atoms with Crippen LogP contribution in [0, 0.1) is 24.0 Å². The van der Waals surface area contributed by atoms with Crippen molar-refractivity contribution in [2.45, 2.75) is 13.8 Å². The van der Waals surface area contributed by atoms with Crippen LogP contribution in [0.3, 0.4) is 0 Å². The number of nitro benzene ring substituents is 1. The summed E-state index contributed by atoms with van der Waals surface area (Å²) in [5.41, 5.74) is 1.58. The van der Waals surface area contributed by atoms with E-state index in [4.69, 9.17) is 9.47 Å². The predicted octanol–water partition coefficient (Wildman–Crippen LogP) is 2.59. The van der Waals surface area contributed by atoms with Crippen LogP contribution in [0.1, 0.15) is 32.1 Å². The number of aromatic amines is 1. The second-order valence-corrected chi connectivity index (χ2v) is 5.08. The minimum atomic E-state index is -0.520. The Bertz CT molecular complexity index is 792. The average molecular weight is 332 g/mol. The molecule has 24 heavy (non-hydrogen) atoms. The Kier molecular flexibility index (Phi) is 4.98. The fourth-order valence-electron chi connectivity index (χ4n) is 2.32. The molecule has 1 aromatic carbocycles. The summed E-state index contributed by atoms with van der Waals surface area (Å²) in [6.45, 7) is 3.06. The number of nitrogens with one attached hydrogen (secondary N) is 1. The van der Waals surface area contributed by atoms with Crippen molar-refractivity contribution in [3.05, 3.63) is 56.9 Å². The second kappa shape index (κ2) is 6.95. The molecule has 1 heterocycles. The summed E-state index contributed by atoms with van der Waals surface area (Å²) in [4.78, 5) is 36.9. The molecule has 0 aliphatic carbocycles. The largest absolute Gasteiger partial charge is 0.485 e. The molecule has 0 saturated heterocycles. The highest BCUT2D eigenvalue weighted by Crippen LogP contribution is 2.21. The summed E-state index contributed by atoms with van der Waals surface area (Å²) in [7, 11) is 1.27. The molecule has 0 aliphatic heterocycles. The van der Waals surface area contributed by atoms with Crippen LogP contribution < -0.4 is 4.74 Å². The number of H-pyrrole nitrogens is 1. The number of nitrogens with zero attached hydrogens (tertiary/aromatic N) is 1. The van der Waals surface area contributed by atoms with Gasteiger partial charge >= 0.3 is 5.97 Å². The maximum absolute atomic E-state index is 12.3. The summed E-state index contributed by atoms with van der Waals surface area (Å²) < 4.78 is 10.0. The minimum absolute atomic E-state index is 0.0627. The Hall–Kier alpha value is -3.16. The van der Waals surface area contributed by atoms with Gasteiger partial charge in [0.2, 0.25) is 5.78 Å². The molecule has 1 N–H and O–H groups in total. The van der Waals surface area contributed by atoms with Gasteiger partial charge in [-0.3, -0.25) is 14.9 Å². The van der Waals surface area contributed by atoms with Gasteiger partial charge in [0.05, 0.1) is 23.3 Å². The molecule has 2 aromatic rings. The zero-order valence-electron chi connectivity index (χ0n) is 13.4. The van der Waals surface area contributed by atoms with E-state index < -0.39 is 10.9 Å². The van der Waals surface area contributed by atoms with Gasteiger partial charge < -0.3 is 14.5 Å². The number of rotatable bonds is 6. The van der Waals surface area contributed by atoms with E-state index >= 15 is 0 Å². The van der Waals surface area contributed by atoms with E-state index in [2.05, 4.69) is 4.98 Å². The number of ether oxygens (including phenoxy) is 2. The fraction of sp³-hybridized carbons (Fsp3) is 0.250. The van der Waals surface area contributed by atoms with Crippen molar-refractivity contribution in [2.75, 3.05) is 13.7 Å². The number of ketones is 1. The predicted molar refractivity (Wildman–Crippen MR) is 84.5 cm³/mol. The standard InChI is InChI=1S/C16H16N2O6/c1-9-14(16(20)23-3)10(2)17-15(9)13(19)8-24-12-6-4-11(5-7-12)18(21)22/h4-7,17H,8H2,1-3H3. The molecule has 0 unspecified atom stereocenters. The van der Waals surface area contributed by atoms with E-state index in [1.54, 1.807) is 13.8 Å². The van der Waals surface area contributed by atoms with Crippen LogP contribution in [-0.4, -0.2) is 35.4 Å². The van der Waals surface area contributed by atoms with Gasteiger partial charge in [0.1, 0.15) is 5.75 Å². The Balaban J connectivity index is 2.10. The molecule has 8 heteroatoms. The number of aryl methyl sites for hydroxylation is 1. The number of carbonyl (C=O) groups is 2. The molecule has 0 fully saturated rings. The third kappa shape index (κ3) is 3.43. The summed E-state index contributed by atoms with van der Waals surface area (Å²) in [5.74, 6) is -0.524. The fourth-order valence-corrected chi connectivity index (χ4v) is 2.32. The highest BCUT2D eigenvalue weighted by atomic mass is 16.6. The Morgan fingerprint density at radius 3 is 2.38 bits per heavy atom. The molecule has 0 aliphatic rings. The molecule has 0 amide bonds. The van der Waals surface area contributed by atoms with Gasteiger partial charge in [-0.2, -0.15) is 0 Å². The molecule has 0 atom stereocenters. The van der Waals surface area contributed by atoms with Crippen LogP contribution in [0.4, 0.5) is 5.69 Å². The third-order valence-corrected chi connectivity index (χ3v) is 3.52. The number of nitro groups is 1. The molecule has 2 rings (SSSR count). The quantitative estimate of drug-likeness (QED) is 0.376. The summed E-state index contributed by atoms with van der Waals surface area (Å²) >= 11 is 0. The third-order valence-electron chi connectivity index (χ3n) is 3.52. The number of methoxy groups -OCH3 is 1. The van der Waals surface area contributed by atoms with Gasteiger partial charge in [-0.25, -0.2) is 4.79 Å². The Morgan fingerprint density at radius 1 is 1.21 bits per heavy atom. The topological polar surface area (TPSA) is 112 Å². The van der Waals surface area contributed by atoms with Gasteiger partial charge in [0.15, 0.2) is 6.61 Å². The number of hydrogen-bond acceptors (Lipinski definition) is 6. The maximum Gasteiger partial charge on any atom is 0.339 e. The second-order valence-electron chi connectivity index (χ2n) is 5.08. The number of non-ortho nitro benzene ring substituents is 1. The summed E-state index contributed by atoms with van der Waals surface area (Å²) in [6.07, 6.45) is 0. The van der Waals surface area contributed by atoms with Crippen LogP contribution >= 0.6 is 0 Å². The summed E-state index contributed by atoms with van der Waals surface area (Å²) in [6, 6.07) is 5.41. The molecule has 1 aromatic heterocycles. The lowest BCUT2D eigenvalue weighted by Gasteiger charge is -2.05. The summed E-state index contributed by atoms with van der Waals surface area (Å²) in [5, 5.41) is 10.6. The molecular formula is C16H16N2O6. The lowest BCUT2D eigenvalue weighted by atomic mass is 10.1. The first-order valence-electron chi connectivity index (χ1n) is 7.03. The van der Waals surface area contributed by atoms with Gasteiger partial charge in [0, 0.05) is 17.8 Å². The highest BCUT2D eigenvalue weighted by Gasteiger charge is 2.22. The van der Waals surface area contributed by atoms with E-state index in [-0.39, 0.29) is 23.8 Å². The molecule has 8 nitrogen and oxygen atoms in total. The number of esters is 1. The Labute approximate surface area is 137 Å². The van der Waals surface area contributed by atoms with Crippen LogP contribution in [0.25, 0.3) is 0 Å². The molecule has 0 spiro atoms. The van der Waals surface area contributed by atoms with E-state index in [9.17, 15) is 19.7 Å². The maximum atomic E-state index is 12.3. The van der Waals surface area contributed by atoms with E-state index in [0.29, 0.717) is 22.6 Å². The van der Waals surface area contributed by atoms with Gasteiger partial charge in [-0.05, 0) is 31.5 Å². The average Bonchev–Trinajstić information content (AvgIpc) is 2.87. The van der Waals surface area contributed by atoms with Crippen molar-refractivity contribution in [2.24, 2.45) is 0 Å². The zero-order valence-corrected chi connectivity index (χ0v) is 13.4. The van der Waals surface area contributed by atoms with E-state index in [1.807, 2.05) is 0 Å². The first kappa shape index (κ1) is 17.2. The number of carbonyl (C=O) groups excluding carboxylic acids is 2.